The van der Waals surface area contributed by atoms with Gasteiger partial charge in [-0.05, 0) is 30.5 Å². The maximum Gasteiger partial charge on any atom is 0.361 e. The fraction of sp³-hybridized carbons (Fsp3) is 0.391. The lowest BCUT2D eigenvalue weighted by Gasteiger charge is -2.33. The van der Waals surface area contributed by atoms with Crippen LogP contribution >= 0.6 is 0 Å². The second kappa shape index (κ2) is 8.57. The number of anilines is 1. The Kier molecular flexibility index (Phi) is 6.15. The first-order valence-corrected chi connectivity index (χ1v) is 9.75. The number of amides is 1. The highest BCUT2D eigenvalue weighted by Gasteiger charge is 2.42. The summed E-state index contributed by atoms with van der Waals surface area (Å²) in [5, 5.41) is 3.07. The number of nitrogens with one attached hydrogen (secondary N) is 1. The summed E-state index contributed by atoms with van der Waals surface area (Å²) in [5.41, 5.74) is 4.21. The Bertz CT molecular complexity index is 830. The first-order chi connectivity index (χ1) is 13.4. The van der Waals surface area contributed by atoms with Crippen molar-refractivity contribution in [3.63, 3.8) is 0 Å². The third-order valence-electron chi connectivity index (χ3n) is 5.75. The molecule has 2 unspecified atom stereocenters. The molecule has 0 saturated carbocycles. The van der Waals surface area contributed by atoms with Gasteiger partial charge in [0.2, 0.25) is 0 Å². The molecule has 5 heteroatoms. The van der Waals surface area contributed by atoms with Gasteiger partial charge in [-0.1, -0.05) is 48.5 Å². The first kappa shape index (κ1) is 20.1. The monoisotopic (exact) mass is 381 g/mol. The molecule has 1 N–H and O–H groups in total. The Morgan fingerprint density at radius 2 is 1.71 bits per heavy atom. The quantitative estimate of drug-likeness (QED) is 0.616. The molecule has 0 aromatic heterocycles. The molecule has 1 aliphatic rings. The van der Waals surface area contributed by atoms with E-state index in [2.05, 4.69) is 17.4 Å². The maximum atomic E-state index is 12.9. The van der Waals surface area contributed by atoms with Crippen molar-refractivity contribution in [3.05, 3.63) is 65.2 Å². The zero-order valence-corrected chi connectivity index (χ0v) is 16.9. The maximum absolute atomic E-state index is 12.9. The molecule has 1 fully saturated rings. The Morgan fingerprint density at radius 3 is 2.36 bits per heavy atom. The molecule has 1 amide bonds. The van der Waals surface area contributed by atoms with Gasteiger partial charge >= 0.3 is 5.97 Å². The highest BCUT2D eigenvalue weighted by Crippen LogP contribution is 2.32. The van der Waals surface area contributed by atoms with E-state index in [1.54, 1.807) is 0 Å². The second-order valence-corrected chi connectivity index (χ2v) is 7.85. The van der Waals surface area contributed by atoms with E-state index in [0.717, 1.165) is 36.3 Å². The first-order valence-electron chi connectivity index (χ1n) is 9.75. The van der Waals surface area contributed by atoms with Gasteiger partial charge in [0.05, 0.1) is 20.2 Å². The fourth-order valence-corrected chi connectivity index (χ4v) is 4.25. The average Bonchev–Trinajstić information content (AvgIpc) is 3.09. The SMILES string of the molecule is COC(=O)C[N+]1(CC(=O)Nc2c(C)cccc2C)CCC(c2ccccc2)C1. The zero-order chi connectivity index (χ0) is 20.1. The predicted molar refractivity (Wildman–Crippen MR) is 110 cm³/mol. The molecule has 1 saturated heterocycles. The molecule has 28 heavy (non-hydrogen) atoms. The van der Waals surface area contributed by atoms with Gasteiger partial charge in [-0.2, -0.15) is 0 Å². The van der Waals surface area contributed by atoms with Crippen molar-refractivity contribution in [2.24, 2.45) is 0 Å². The lowest BCUT2D eigenvalue weighted by atomic mass is 9.99. The number of methoxy groups -OCH3 is 1. The van der Waals surface area contributed by atoms with Gasteiger partial charge in [0.25, 0.3) is 5.91 Å². The van der Waals surface area contributed by atoms with Crippen LogP contribution in [0.25, 0.3) is 0 Å². The standard InChI is InChI=1S/C23H28N2O3/c1-17-8-7-9-18(2)23(17)24-21(26)15-25(16-22(27)28-3)13-12-20(14-25)19-10-5-4-6-11-19/h4-11,20H,12-16H2,1-3H3/p+1. The van der Waals surface area contributed by atoms with E-state index in [1.807, 2.05) is 50.2 Å². The Hall–Kier alpha value is -2.66. The Morgan fingerprint density at radius 1 is 1.04 bits per heavy atom. The number of likely N-dealkylation sites (tertiary alicyclic amines) is 1. The molecule has 2 aromatic carbocycles. The van der Waals surface area contributed by atoms with Gasteiger partial charge in [0.15, 0.2) is 13.1 Å². The van der Waals surface area contributed by atoms with Crippen LogP contribution in [0.5, 0.6) is 0 Å². The molecule has 1 aliphatic heterocycles. The van der Waals surface area contributed by atoms with Crippen LogP contribution in [-0.2, 0) is 14.3 Å². The molecule has 0 aliphatic carbocycles. The fourth-order valence-electron chi connectivity index (χ4n) is 4.25. The number of nitrogens with zero attached hydrogens (tertiary/aromatic N) is 1. The molecule has 148 valence electrons. The number of benzene rings is 2. The summed E-state index contributed by atoms with van der Waals surface area (Å²) in [4.78, 5) is 25.0. The van der Waals surface area contributed by atoms with Gasteiger partial charge in [0.1, 0.15) is 0 Å². The second-order valence-electron chi connectivity index (χ2n) is 7.85. The number of rotatable bonds is 6. The summed E-state index contributed by atoms with van der Waals surface area (Å²) in [6, 6.07) is 16.3. The minimum absolute atomic E-state index is 0.0602. The van der Waals surface area contributed by atoms with Crippen LogP contribution in [0.2, 0.25) is 0 Å². The summed E-state index contributed by atoms with van der Waals surface area (Å²) in [5.74, 6) is 0.0162. The highest BCUT2D eigenvalue weighted by atomic mass is 16.5. The van der Waals surface area contributed by atoms with Crippen LogP contribution < -0.4 is 5.32 Å². The van der Waals surface area contributed by atoms with Crippen molar-refractivity contribution in [2.45, 2.75) is 26.2 Å². The summed E-state index contributed by atoms with van der Waals surface area (Å²) >= 11 is 0. The molecule has 0 radical (unpaired) electrons. The van der Waals surface area contributed by atoms with Crippen LogP contribution in [-0.4, -0.2) is 49.6 Å². The number of quaternary nitrogens is 1. The van der Waals surface area contributed by atoms with Crippen molar-refractivity contribution >= 4 is 17.6 Å². The van der Waals surface area contributed by atoms with Crippen LogP contribution in [0, 0.1) is 13.8 Å². The molecular formula is C23H29N2O3+. The molecule has 0 spiro atoms. The molecule has 0 bridgehead atoms. The minimum Gasteiger partial charge on any atom is -0.465 e. The van der Waals surface area contributed by atoms with E-state index in [1.165, 1.54) is 12.7 Å². The van der Waals surface area contributed by atoms with Gasteiger partial charge in [-0.3, -0.25) is 4.79 Å². The van der Waals surface area contributed by atoms with Crippen molar-refractivity contribution in [2.75, 3.05) is 38.6 Å². The van der Waals surface area contributed by atoms with Crippen molar-refractivity contribution in [1.29, 1.82) is 0 Å². The highest BCUT2D eigenvalue weighted by molar-refractivity contribution is 5.93. The zero-order valence-electron chi connectivity index (χ0n) is 16.9. The van der Waals surface area contributed by atoms with Crippen LogP contribution in [0.3, 0.4) is 0 Å². The summed E-state index contributed by atoms with van der Waals surface area (Å²) in [7, 11) is 1.40. The topological polar surface area (TPSA) is 55.4 Å². The number of esters is 1. The van der Waals surface area contributed by atoms with Gasteiger partial charge in [0, 0.05) is 18.0 Å². The van der Waals surface area contributed by atoms with E-state index >= 15 is 0 Å². The number of ether oxygens (including phenoxy) is 1. The Labute approximate surface area is 166 Å². The van der Waals surface area contributed by atoms with E-state index in [0.29, 0.717) is 10.4 Å². The molecule has 1 heterocycles. The van der Waals surface area contributed by atoms with E-state index in [9.17, 15) is 9.59 Å². The third-order valence-corrected chi connectivity index (χ3v) is 5.75. The number of hydrogen-bond donors (Lipinski definition) is 1. The number of carbonyl (C=O) groups excluding carboxylic acids is 2. The van der Waals surface area contributed by atoms with Crippen LogP contribution in [0.4, 0.5) is 5.69 Å². The summed E-state index contributed by atoms with van der Waals surface area (Å²) in [6.45, 7) is 6.02. The molecule has 2 atom stereocenters. The van der Waals surface area contributed by atoms with Crippen LogP contribution in [0.1, 0.15) is 29.0 Å². The number of para-hydroxylation sites is 1. The number of carbonyl (C=O) groups is 2. The summed E-state index contributed by atoms with van der Waals surface area (Å²) < 4.78 is 5.36. The largest absolute Gasteiger partial charge is 0.465 e. The van der Waals surface area contributed by atoms with Crippen molar-refractivity contribution in [3.8, 4) is 0 Å². The number of hydrogen-bond acceptors (Lipinski definition) is 3. The van der Waals surface area contributed by atoms with Crippen molar-refractivity contribution in [1.82, 2.24) is 0 Å². The normalized spacial score (nSPS) is 21.3. The smallest absolute Gasteiger partial charge is 0.361 e. The lowest BCUT2D eigenvalue weighted by molar-refractivity contribution is -0.902. The molecule has 2 aromatic rings. The van der Waals surface area contributed by atoms with Crippen LogP contribution in [0.15, 0.2) is 48.5 Å². The molecule has 5 nitrogen and oxygen atoms in total. The van der Waals surface area contributed by atoms with E-state index in [4.69, 9.17) is 4.74 Å². The minimum atomic E-state index is -0.270. The van der Waals surface area contributed by atoms with Crippen molar-refractivity contribution < 1.29 is 18.8 Å². The van der Waals surface area contributed by atoms with E-state index < -0.39 is 0 Å². The number of aryl methyl sites for hydroxylation is 2. The lowest BCUT2D eigenvalue weighted by Crippen LogP contribution is -2.53. The molecule has 3 rings (SSSR count). The predicted octanol–water partition coefficient (Wildman–Crippen LogP) is 3.42. The molecular weight excluding hydrogens is 352 g/mol. The third kappa shape index (κ3) is 4.60. The Balaban J connectivity index is 1.77. The average molecular weight is 381 g/mol. The van der Waals surface area contributed by atoms with Gasteiger partial charge < -0.3 is 14.5 Å². The van der Waals surface area contributed by atoms with E-state index in [-0.39, 0.29) is 25.0 Å². The van der Waals surface area contributed by atoms with Gasteiger partial charge in [-0.25, -0.2) is 4.79 Å². The summed E-state index contributed by atoms with van der Waals surface area (Å²) in [6.07, 6.45) is 0.956. The van der Waals surface area contributed by atoms with Gasteiger partial charge in [-0.15, -0.1) is 0 Å².